The fourth-order valence-electron chi connectivity index (χ4n) is 3.34. The van der Waals surface area contributed by atoms with Crippen molar-refractivity contribution in [3.8, 4) is 0 Å². The molecule has 2 aromatic carbocycles. The molecular weight excluding hydrogens is 332 g/mol. The van der Waals surface area contributed by atoms with E-state index in [0.29, 0.717) is 24.6 Å². The molecule has 4 rings (SSSR count). The van der Waals surface area contributed by atoms with E-state index in [1.54, 1.807) is 0 Å². The molecule has 3 aromatic rings. The second-order valence-corrected chi connectivity index (χ2v) is 8.01. The van der Waals surface area contributed by atoms with E-state index in [0.717, 1.165) is 23.0 Å². The Bertz CT molecular complexity index is 923. The molecule has 1 amide bonds. The monoisotopic (exact) mass is 352 g/mol. The van der Waals surface area contributed by atoms with Crippen LogP contribution >= 0.6 is 0 Å². The smallest absolute Gasteiger partial charge is 0.256 e. The highest BCUT2D eigenvalue weighted by atomic mass is 32.2. The van der Waals surface area contributed by atoms with E-state index in [2.05, 4.69) is 22.8 Å². The second kappa shape index (κ2) is 6.84. The van der Waals surface area contributed by atoms with Gasteiger partial charge in [-0.15, -0.1) is 0 Å². The topological polar surface area (TPSA) is 42.3 Å². The van der Waals surface area contributed by atoms with Crippen LogP contribution in [0.2, 0.25) is 0 Å². The molecule has 1 saturated heterocycles. The lowest BCUT2D eigenvalue weighted by molar-refractivity contribution is 0.0773. The summed E-state index contributed by atoms with van der Waals surface area (Å²) in [6.45, 7) is 1.88. The Morgan fingerprint density at radius 3 is 2.40 bits per heavy atom. The van der Waals surface area contributed by atoms with Crippen molar-refractivity contribution in [2.45, 2.75) is 6.54 Å². The molecule has 5 heteroatoms. The van der Waals surface area contributed by atoms with Crippen LogP contribution in [0.25, 0.3) is 10.9 Å². The van der Waals surface area contributed by atoms with E-state index in [1.165, 1.54) is 5.56 Å². The van der Waals surface area contributed by atoms with Gasteiger partial charge < -0.3 is 9.47 Å². The number of rotatable bonds is 3. The fraction of sp³-hybridized carbons (Fsp3) is 0.250. The quantitative estimate of drug-likeness (QED) is 0.727. The summed E-state index contributed by atoms with van der Waals surface area (Å²) in [6.07, 6.45) is 1.96. The molecule has 0 spiro atoms. The van der Waals surface area contributed by atoms with Crippen LogP contribution in [0.1, 0.15) is 15.9 Å². The van der Waals surface area contributed by atoms with E-state index >= 15 is 0 Å². The van der Waals surface area contributed by atoms with Crippen LogP contribution in [0.3, 0.4) is 0 Å². The Hall–Kier alpha value is -2.40. The predicted octanol–water partition coefficient (Wildman–Crippen LogP) is 2.89. The maximum absolute atomic E-state index is 13.0. The molecule has 0 N–H and O–H groups in total. The third-order valence-electron chi connectivity index (χ3n) is 4.68. The number of amides is 1. The second-order valence-electron chi connectivity index (χ2n) is 6.31. The summed E-state index contributed by atoms with van der Waals surface area (Å²) in [6, 6.07) is 18.3. The lowest BCUT2D eigenvalue weighted by Gasteiger charge is -2.26. The number of hydrogen-bond acceptors (Lipinski definition) is 2. The lowest BCUT2D eigenvalue weighted by atomic mass is 10.1. The first-order chi connectivity index (χ1) is 12.2. The number of hydrogen-bond donors (Lipinski definition) is 0. The van der Waals surface area contributed by atoms with Gasteiger partial charge in [0.2, 0.25) is 0 Å². The van der Waals surface area contributed by atoms with Gasteiger partial charge in [0.05, 0.1) is 5.56 Å². The zero-order chi connectivity index (χ0) is 17.2. The van der Waals surface area contributed by atoms with Gasteiger partial charge in [0, 0.05) is 59.0 Å². The van der Waals surface area contributed by atoms with Gasteiger partial charge >= 0.3 is 0 Å². The summed E-state index contributed by atoms with van der Waals surface area (Å²) in [5, 5.41) is 0.982. The molecule has 0 atom stereocenters. The first-order valence-corrected chi connectivity index (χ1v) is 9.97. The van der Waals surface area contributed by atoms with Gasteiger partial charge in [-0.25, -0.2) is 0 Å². The molecule has 25 heavy (non-hydrogen) atoms. The van der Waals surface area contributed by atoms with Gasteiger partial charge in [-0.3, -0.25) is 9.00 Å². The Labute approximate surface area is 149 Å². The lowest BCUT2D eigenvalue weighted by Crippen LogP contribution is -2.41. The van der Waals surface area contributed by atoms with Crippen molar-refractivity contribution in [2.75, 3.05) is 24.6 Å². The number of fused-ring (bicyclic) bond motifs is 1. The minimum Gasteiger partial charge on any atom is -0.342 e. The van der Waals surface area contributed by atoms with Gasteiger partial charge in [0.15, 0.2) is 0 Å². The summed E-state index contributed by atoms with van der Waals surface area (Å²) in [4.78, 5) is 14.8. The molecule has 0 saturated carbocycles. The highest BCUT2D eigenvalue weighted by Gasteiger charge is 2.24. The molecule has 0 unspecified atom stereocenters. The van der Waals surface area contributed by atoms with Crippen molar-refractivity contribution in [1.29, 1.82) is 0 Å². The Morgan fingerprint density at radius 1 is 0.960 bits per heavy atom. The Balaban J connectivity index is 1.69. The average molecular weight is 352 g/mol. The molecule has 1 aliphatic rings. The molecular formula is C20H20N2O2S. The third-order valence-corrected chi connectivity index (χ3v) is 5.96. The van der Waals surface area contributed by atoms with E-state index < -0.39 is 10.8 Å². The summed E-state index contributed by atoms with van der Waals surface area (Å²) in [5.41, 5.74) is 3.00. The summed E-state index contributed by atoms with van der Waals surface area (Å²) < 4.78 is 13.7. The van der Waals surface area contributed by atoms with Crippen molar-refractivity contribution >= 4 is 27.6 Å². The van der Waals surface area contributed by atoms with Gasteiger partial charge in [0.25, 0.3) is 5.91 Å². The minimum absolute atomic E-state index is 0.0414. The first kappa shape index (κ1) is 16.1. The van der Waals surface area contributed by atoms with Gasteiger partial charge in [-0.1, -0.05) is 48.5 Å². The van der Waals surface area contributed by atoms with Crippen molar-refractivity contribution in [1.82, 2.24) is 9.47 Å². The summed E-state index contributed by atoms with van der Waals surface area (Å²) >= 11 is 0. The Morgan fingerprint density at radius 2 is 1.64 bits per heavy atom. The van der Waals surface area contributed by atoms with Crippen LogP contribution in [-0.2, 0) is 17.3 Å². The number of carbonyl (C=O) groups excluding carboxylic acids is 1. The number of para-hydroxylation sites is 1. The van der Waals surface area contributed by atoms with E-state index in [1.807, 2.05) is 47.5 Å². The number of nitrogens with zero attached hydrogens (tertiary/aromatic N) is 2. The van der Waals surface area contributed by atoms with Crippen LogP contribution < -0.4 is 0 Å². The predicted molar refractivity (Wildman–Crippen MR) is 101 cm³/mol. The zero-order valence-electron chi connectivity index (χ0n) is 13.9. The van der Waals surface area contributed by atoms with Gasteiger partial charge in [-0.05, 0) is 11.6 Å². The van der Waals surface area contributed by atoms with Crippen molar-refractivity contribution in [3.63, 3.8) is 0 Å². The molecule has 0 bridgehead atoms. The largest absolute Gasteiger partial charge is 0.342 e. The molecule has 2 heterocycles. The molecule has 128 valence electrons. The summed E-state index contributed by atoms with van der Waals surface area (Å²) in [5.74, 6) is 1.20. The molecule has 0 radical (unpaired) electrons. The fourth-order valence-corrected chi connectivity index (χ4v) is 4.39. The SMILES string of the molecule is O=C(c1cn(Cc2ccccc2)c2ccccc12)N1CCS(=O)CC1. The standard InChI is InChI=1S/C20H20N2O2S/c23-20(21-10-12-25(24)13-11-21)18-15-22(14-16-6-2-1-3-7-16)19-9-5-4-8-17(18)19/h1-9,15H,10-14H2. The van der Waals surface area contributed by atoms with Crippen LogP contribution in [0, 0.1) is 0 Å². The van der Waals surface area contributed by atoms with Crippen molar-refractivity contribution < 1.29 is 9.00 Å². The van der Waals surface area contributed by atoms with Gasteiger partial charge in [-0.2, -0.15) is 0 Å². The Kier molecular flexibility index (Phi) is 4.40. The van der Waals surface area contributed by atoms with Crippen LogP contribution in [0.15, 0.2) is 60.8 Å². The van der Waals surface area contributed by atoms with Crippen molar-refractivity contribution in [3.05, 3.63) is 71.9 Å². The van der Waals surface area contributed by atoms with Crippen LogP contribution in [0.5, 0.6) is 0 Å². The van der Waals surface area contributed by atoms with Crippen LogP contribution in [-0.4, -0.2) is 44.2 Å². The van der Waals surface area contributed by atoms with E-state index in [4.69, 9.17) is 0 Å². The summed E-state index contributed by atoms with van der Waals surface area (Å²) in [7, 11) is -0.781. The van der Waals surface area contributed by atoms with E-state index in [9.17, 15) is 9.00 Å². The molecule has 1 fully saturated rings. The molecule has 0 aliphatic carbocycles. The number of aromatic nitrogens is 1. The normalized spacial score (nSPS) is 15.6. The molecule has 4 nitrogen and oxygen atoms in total. The third kappa shape index (κ3) is 3.24. The highest BCUT2D eigenvalue weighted by Crippen LogP contribution is 2.24. The number of carbonyl (C=O) groups is 1. The minimum atomic E-state index is -0.781. The molecule has 1 aromatic heterocycles. The average Bonchev–Trinajstić information content (AvgIpc) is 3.01. The molecule has 1 aliphatic heterocycles. The maximum atomic E-state index is 13.0. The van der Waals surface area contributed by atoms with Crippen LogP contribution in [0.4, 0.5) is 0 Å². The van der Waals surface area contributed by atoms with E-state index in [-0.39, 0.29) is 5.91 Å². The maximum Gasteiger partial charge on any atom is 0.256 e. The van der Waals surface area contributed by atoms with Crippen molar-refractivity contribution in [2.24, 2.45) is 0 Å². The number of benzene rings is 2. The highest BCUT2D eigenvalue weighted by molar-refractivity contribution is 7.85. The van der Waals surface area contributed by atoms with Gasteiger partial charge in [0.1, 0.15) is 0 Å². The zero-order valence-corrected chi connectivity index (χ0v) is 14.7. The first-order valence-electron chi connectivity index (χ1n) is 8.48.